The Kier molecular flexibility index (Phi) is 5.72. The molecule has 2 aliphatic carbocycles. The molecule has 1 N–H and O–H groups in total. The minimum absolute atomic E-state index is 0.000644. The van der Waals surface area contributed by atoms with Crippen molar-refractivity contribution in [3.63, 3.8) is 0 Å². The smallest absolute Gasteiger partial charge is 0.324 e. The quantitative estimate of drug-likeness (QED) is 0.739. The Hall–Kier alpha value is -1.40. The lowest BCUT2D eigenvalue weighted by Gasteiger charge is -2.42. The van der Waals surface area contributed by atoms with E-state index in [-0.39, 0.29) is 23.5 Å². The lowest BCUT2D eigenvalue weighted by molar-refractivity contribution is -0.116. The van der Waals surface area contributed by atoms with Crippen LogP contribution in [0.3, 0.4) is 0 Å². The van der Waals surface area contributed by atoms with E-state index in [2.05, 4.69) is 39.4 Å². The van der Waals surface area contributed by atoms with Crippen LogP contribution in [-0.2, 0) is 16.0 Å². The summed E-state index contributed by atoms with van der Waals surface area (Å²) in [5.41, 5.74) is 2.45. The number of halogens is 1. The summed E-state index contributed by atoms with van der Waals surface area (Å²) in [5, 5.41) is 3.18. The van der Waals surface area contributed by atoms with Gasteiger partial charge in [-0.15, -0.1) is 0 Å². The van der Waals surface area contributed by atoms with Crippen LogP contribution in [0.25, 0.3) is 0 Å². The minimum Gasteiger partial charge on any atom is -0.381 e. The van der Waals surface area contributed by atoms with Crippen molar-refractivity contribution in [1.82, 2.24) is 10.2 Å². The number of fused-ring (bicyclic) bond motifs is 1. The highest BCUT2D eigenvalue weighted by atomic mass is 79.9. The number of hydrogen-bond acceptors (Lipinski definition) is 3. The highest BCUT2D eigenvalue weighted by Gasteiger charge is 2.49. The molecule has 3 rings (SSSR count). The number of hydrogen-bond donors (Lipinski definition) is 1. The molecular formula is C20H27BrN2O3. The Morgan fingerprint density at radius 1 is 1.38 bits per heavy atom. The first-order chi connectivity index (χ1) is 12.4. The van der Waals surface area contributed by atoms with Gasteiger partial charge in [0.2, 0.25) is 6.41 Å². The van der Waals surface area contributed by atoms with Crippen LogP contribution in [0.2, 0.25) is 0 Å². The number of carbonyl (C=O) groups excluding carboxylic acids is 2. The predicted molar refractivity (Wildman–Crippen MR) is 104 cm³/mol. The van der Waals surface area contributed by atoms with Crippen LogP contribution in [0.1, 0.15) is 56.7 Å². The van der Waals surface area contributed by atoms with Crippen LogP contribution >= 0.6 is 15.9 Å². The molecule has 0 saturated heterocycles. The second-order valence-electron chi connectivity index (χ2n) is 7.81. The Balaban J connectivity index is 1.91. The van der Waals surface area contributed by atoms with Gasteiger partial charge in [-0.25, -0.2) is 4.79 Å². The molecule has 1 unspecified atom stereocenters. The number of amides is 3. The molecule has 1 atom stereocenters. The van der Waals surface area contributed by atoms with Gasteiger partial charge in [0, 0.05) is 17.6 Å². The molecule has 3 amide bonds. The largest absolute Gasteiger partial charge is 0.381 e. The van der Waals surface area contributed by atoms with Crippen LogP contribution < -0.4 is 5.32 Å². The first-order valence-corrected chi connectivity index (χ1v) is 10.0. The topological polar surface area (TPSA) is 58.6 Å². The normalized spacial score (nSPS) is 27.4. The van der Waals surface area contributed by atoms with Gasteiger partial charge in [0.15, 0.2) is 0 Å². The van der Waals surface area contributed by atoms with Crippen molar-refractivity contribution in [2.75, 3.05) is 7.11 Å². The van der Waals surface area contributed by atoms with E-state index in [1.165, 1.54) is 10.5 Å². The summed E-state index contributed by atoms with van der Waals surface area (Å²) in [7, 11) is 1.77. The maximum Gasteiger partial charge on any atom is 0.324 e. The Bertz CT molecular complexity index is 684. The third-order valence-corrected chi connectivity index (χ3v) is 6.50. The Morgan fingerprint density at radius 2 is 2.08 bits per heavy atom. The molecule has 1 fully saturated rings. The summed E-state index contributed by atoms with van der Waals surface area (Å²) in [6.07, 6.45) is 5.89. The van der Waals surface area contributed by atoms with Crippen LogP contribution in [0, 0.1) is 5.41 Å². The number of carbonyl (C=O) groups is 2. The maximum absolute atomic E-state index is 12.8. The van der Waals surface area contributed by atoms with Crippen molar-refractivity contribution in [1.29, 1.82) is 0 Å². The van der Waals surface area contributed by atoms with E-state index in [4.69, 9.17) is 4.74 Å². The number of rotatable bonds is 4. The molecular weight excluding hydrogens is 396 g/mol. The molecule has 0 radical (unpaired) electrons. The minimum atomic E-state index is -0.318. The van der Waals surface area contributed by atoms with E-state index in [0.29, 0.717) is 12.5 Å². The number of nitrogens with zero attached hydrogens (tertiary/aromatic N) is 1. The van der Waals surface area contributed by atoms with Gasteiger partial charge in [-0.3, -0.25) is 9.69 Å². The van der Waals surface area contributed by atoms with Gasteiger partial charge in [-0.1, -0.05) is 22.0 Å². The summed E-state index contributed by atoms with van der Waals surface area (Å²) in [6, 6.07) is 5.75. The first-order valence-electron chi connectivity index (χ1n) is 9.25. The number of methoxy groups -OCH3 is 1. The van der Waals surface area contributed by atoms with Crippen LogP contribution in [0.4, 0.5) is 4.79 Å². The van der Waals surface area contributed by atoms with Crippen molar-refractivity contribution in [2.45, 2.75) is 64.1 Å². The summed E-state index contributed by atoms with van der Waals surface area (Å²) in [5.74, 6) is 0. The lowest BCUT2D eigenvalue weighted by Crippen LogP contribution is -2.48. The molecule has 0 bridgehead atoms. The molecule has 0 heterocycles. The highest BCUT2D eigenvalue weighted by Crippen LogP contribution is 2.54. The van der Waals surface area contributed by atoms with Gasteiger partial charge in [0.25, 0.3) is 0 Å². The van der Waals surface area contributed by atoms with Crippen LogP contribution in [0.5, 0.6) is 0 Å². The molecule has 0 aliphatic heterocycles. The fourth-order valence-corrected chi connectivity index (χ4v) is 4.89. The Labute approximate surface area is 163 Å². The summed E-state index contributed by atoms with van der Waals surface area (Å²) >= 11 is 3.56. The first kappa shape index (κ1) is 19.4. The van der Waals surface area contributed by atoms with E-state index < -0.39 is 0 Å². The van der Waals surface area contributed by atoms with Crippen molar-refractivity contribution in [3.05, 3.63) is 33.8 Å². The van der Waals surface area contributed by atoms with E-state index in [1.54, 1.807) is 7.11 Å². The number of ether oxygens (including phenoxy) is 1. The number of benzene rings is 1. The molecule has 6 heteroatoms. The SMILES string of the molecule is COC1CCC2(CC1)Cc1ccc(Br)cc1C2NC(=O)N(C=O)C(C)C. The van der Waals surface area contributed by atoms with Gasteiger partial charge in [-0.05, 0) is 74.6 Å². The van der Waals surface area contributed by atoms with Crippen LogP contribution in [-0.4, -0.2) is 36.6 Å². The zero-order chi connectivity index (χ0) is 18.9. The highest BCUT2D eigenvalue weighted by molar-refractivity contribution is 9.10. The number of imide groups is 1. The van der Waals surface area contributed by atoms with Crippen molar-refractivity contribution in [3.8, 4) is 0 Å². The fraction of sp³-hybridized carbons (Fsp3) is 0.600. The molecule has 1 aromatic carbocycles. The van der Waals surface area contributed by atoms with Crippen LogP contribution in [0.15, 0.2) is 22.7 Å². The molecule has 26 heavy (non-hydrogen) atoms. The van der Waals surface area contributed by atoms with E-state index in [9.17, 15) is 9.59 Å². The van der Waals surface area contributed by atoms with Gasteiger partial charge in [-0.2, -0.15) is 0 Å². The summed E-state index contributed by atoms with van der Waals surface area (Å²) in [4.78, 5) is 25.3. The molecule has 1 aromatic rings. The van der Waals surface area contributed by atoms with Crippen molar-refractivity contribution >= 4 is 28.4 Å². The zero-order valence-corrected chi connectivity index (χ0v) is 17.2. The van der Waals surface area contributed by atoms with E-state index in [1.807, 2.05) is 13.8 Å². The second-order valence-corrected chi connectivity index (χ2v) is 8.72. The lowest BCUT2D eigenvalue weighted by atomic mass is 9.68. The van der Waals surface area contributed by atoms with Crippen molar-refractivity contribution in [2.24, 2.45) is 5.41 Å². The monoisotopic (exact) mass is 422 g/mol. The molecule has 1 saturated carbocycles. The van der Waals surface area contributed by atoms with E-state index in [0.717, 1.165) is 42.1 Å². The molecule has 0 aromatic heterocycles. The van der Waals surface area contributed by atoms with Gasteiger partial charge >= 0.3 is 6.03 Å². The fourth-order valence-electron chi connectivity index (χ4n) is 4.51. The van der Waals surface area contributed by atoms with Gasteiger partial charge in [0.05, 0.1) is 12.1 Å². The standard InChI is InChI=1S/C20H27BrN2O3/c1-13(2)23(12-24)19(25)22-18-17-10-15(21)5-4-14(17)11-20(18)8-6-16(26-3)7-9-20/h4-5,10,12-13,16,18H,6-9,11H2,1-3H3,(H,22,25). The summed E-state index contributed by atoms with van der Waals surface area (Å²) < 4.78 is 6.55. The molecule has 142 valence electrons. The number of urea groups is 1. The molecule has 1 spiro atoms. The third kappa shape index (κ3) is 3.54. The molecule has 2 aliphatic rings. The number of nitrogens with one attached hydrogen (secondary N) is 1. The molecule has 5 nitrogen and oxygen atoms in total. The van der Waals surface area contributed by atoms with Gasteiger partial charge in [0.1, 0.15) is 0 Å². The summed E-state index contributed by atoms with van der Waals surface area (Å²) in [6.45, 7) is 3.68. The average molecular weight is 423 g/mol. The van der Waals surface area contributed by atoms with Gasteiger partial charge < -0.3 is 10.1 Å². The predicted octanol–water partition coefficient (Wildman–Crippen LogP) is 4.20. The Morgan fingerprint density at radius 3 is 2.65 bits per heavy atom. The average Bonchev–Trinajstić information content (AvgIpc) is 2.89. The zero-order valence-electron chi connectivity index (χ0n) is 15.6. The maximum atomic E-state index is 12.8. The third-order valence-electron chi connectivity index (χ3n) is 6.01. The van der Waals surface area contributed by atoms with Crippen molar-refractivity contribution < 1.29 is 14.3 Å². The van der Waals surface area contributed by atoms with E-state index >= 15 is 0 Å². The second kappa shape index (κ2) is 7.69.